The van der Waals surface area contributed by atoms with Crippen molar-refractivity contribution in [3.05, 3.63) is 29.6 Å². The van der Waals surface area contributed by atoms with E-state index in [-0.39, 0.29) is 17.5 Å². The Balaban J connectivity index is 1.83. The zero-order chi connectivity index (χ0) is 13.5. The van der Waals surface area contributed by atoms with Crippen LogP contribution in [0.1, 0.15) is 57.1 Å². The standard InChI is InChI=1S/C16H22FNO/c1-2-11-5-7-16(8-6-11)10-14(18)13-9-12(17)3-4-15(13)19-16/h3-4,9,11,14H,2,5-8,10,18H2,1H3/t11?,14-,16?/m1/s1. The molecule has 0 amide bonds. The molecular formula is C16H22FNO. The van der Waals surface area contributed by atoms with E-state index in [4.69, 9.17) is 10.5 Å². The van der Waals surface area contributed by atoms with Gasteiger partial charge >= 0.3 is 0 Å². The van der Waals surface area contributed by atoms with Crippen LogP contribution in [0.3, 0.4) is 0 Å². The lowest BCUT2D eigenvalue weighted by Gasteiger charge is -2.45. The van der Waals surface area contributed by atoms with Crippen molar-refractivity contribution < 1.29 is 9.13 Å². The summed E-state index contributed by atoms with van der Waals surface area (Å²) in [5, 5.41) is 0. The average molecular weight is 263 g/mol. The Morgan fingerprint density at radius 2 is 2.11 bits per heavy atom. The average Bonchev–Trinajstić information content (AvgIpc) is 2.41. The number of halogens is 1. The second-order valence-corrected chi connectivity index (χ2v) is 6.13. The highest BCUT2D eigenvalue weighted by molar-refractivity contribution is 5.39. The van der Waals surface area contributed by atoms with E-state index in [1.54, 1.807) is 6.07 Å². The lowest BCUT2D eigenvalue weighted by Crippen LogP contribution is -2.45. The van der Waals surface area contributed by atoms with Crippen molar-refractivity contribution in [2.75, 3.05) is 0 Å². The van der Waals surface area contributed by atoms with Gasteiger partial charge in [0.1, 0.15) is 17.2 Å². The molecule has 0 bridgehead atoms. The fourth-order valence-electron chi connectivity index (χ4n) is 3.61. The third kappa shape index (κ3) is 2.36. The third-order valence-corrected chi connectivity index (χ3v) is 4.88. The quantitative estimate of drug-likeness (QED) is 0.832. The summed E-state index contributed by atoms with van der Waals surface area (Å²) in [6, 6.07) is 4.61. The fraction of sp³-hybridized carbons (Fsp3) is 0.625. The minimum absolute atomic E-state index is 0.0994. The maximum atomic E-state index is 13.3. The summed E-state index contributed by atoms with van der Waals surface area (Å²) in [6.45, 7) is 2.26. The van der Waals surface area contributed by atoms with Crippen molar-refractivity contribution in [3.8, 4) is 5.75 Å². The molecule has 0 unspecified atom stereocenters. The minimum atomic E-state index is -0.233. The Bertz CT molecular complexity index is 466. The van der Waals surface area contributed by atoms with Crippen molar-refractivity contribution >= 4 is 0 Å². The first kappa shape index (κ1) is 12.9. The molecule has 2 N–H and O–H groups in total. The monoisotopic (exact) mass is 263 g/mol. The summed E-state index contributed by atoms with van der Waals surface area (Å²) >= 11 is 0. The van der Waals surface area contributed by atoms with Crippen LogP contribution in [0, 0.1) is 11.7 Å². The van der Waals surface area contributed by atoms with E-state index in [0.717, 1.165) is 36.5 Å². The van der Waals surface area contributed by atoms with E-state index in [1.807, 2.05) is 0 Å². The van der Waals surface area contributed by atoms with Crippen LogP contribution in [0.2, 0.25) is 0 Å². The third-order valence-electron chi connectivity index (χ3n) is 4.88. The number of rotatable bonds is 1. The van der Waals surface area contributed by atoms with Gasteiger partial charge < -0.3 is 10.5 Å². The number of benzene rings is 1. The minimum Gasteiger partial charge on any atom is -0.487 e. The van der Waals surface area contributed by atoms with Crippen LogP contribution in [0.5, 0.6) is 5.75 Å². The number of fused-ring (bicyclic) bond motifs is 1. The normalized spacial score (nSPS) is 33.8. The van der Waals surface area contributed by atoms with Crippen LogP contribution < -0.4 is 10.5 Å². The molecule has 1 fully saturated rings. The highest BCUT2D eigenvalue weighted by Gasteiger charge is 2.42. The summed E-state index contributed by atoms with van der Waals surface area (Å²) in [5.41, 5.74) is 6.96. The van der Waals surface area contributed by atoms with E-state index in [9.17, 15) is 4.39 Å². The van der Waals surface area contributed by atoms with E-state index >= 15 is 0 Å². The molecule has 1 aliphatic carbocycles. The van der Waals surface area contributed by atoms with Gasteiger partial charge in [0.15, 0.2) is 0 Å². The molecule has 1 spiro atoms. The van der Waals surface area contributed by atoms with Gasteiger partial charge in [0, 0.05) is 18.0 Å². The lowest BCUT2D eigenvalue weighted by atomic mass is 9.73. The van der Waals surface area contributed by atoms with Crippen molar-refractivity contribution in [1.29, 1.82) is 0 Å². The summed E-state index contributed by atoms with van der Waals surface area (Å²) in [4.78, 5) is 0. The topological polar surface area (TPSA) is 35.2 Å². The SMILES string of the molecule is CCC1CCC2(CC1)C[C@@H](N)c1cc(F)ccc1O2. The van der Waals surface area contributed by atoms with Crippen molar-refractivity contribution in [3.63, 3.8) is 0 Å². The molecule has 1 aromatic carbocycles. The molecule has 3 heteroatoms. The molecule has 0 radical (unpaired) electrons. The van der Waals surface area contributed by atoms with E-state index in [0.29, 0.717) is 0 Å². The molecular weight excluding hydrogens is 241 g/mol. The molecule has 1 atom stereocenters. The molecule has 0 aromatic heterocycles. The highest BCUT2D eigenvalue weighted by Crippen LogP contribution is 2.46. The van der Waals surface area contributed by atoms with Crippen LogP contribution in [0.4, 0.5) is 4.39 Å². The molecule has 1 heterocycles. The van der Waals surface area contributed by atoms with Crippen molar-refractivity contribution in [2.45, 2.75) is 57.1 Å². The van der Waals surface area contributed by atoms with Gasteiger partial charge in [-0.3, -0.25) is 0 Å². The van der Waals surface area contributed by atoms with Gasteiger partial charge in [-0.1, -0.05) is 13.3 Å². The van der Waals surface area contributed by atoms with E-state index < -0.39 is 0 Å². The first-order valence-corrected chi connectivity index (χ1v) is 7.36. The highest BCUT2D eigenvalue weighted by atomic mass is 19.1. The first-order valence-electron chi connectivity index (χ1n) is 7.36. The fourth-order valence-corrected chi connectivity index (χ4v) is 3.61. The molecule has 2 nitrogen and oxygen atoms in total. The Morgan fingerprint density at radius 1 is 1.37 bits per heavy atom. The van der Waals surface area contributed by atoms with E-state index in [2.05, 4.69) is 6.92 Å². The molecule has 1 saturated carbocycles. The smallest absolute Gasteiger partial charge is 0.125 e. The van der Waals surface area contributed by atoms with Crippen molar-refractivity contribution in [2.24, 2.45) is 11.7 Å². The van der Waals surface area contributed by atoms with Crippen molar-refractivity contribution in [1.82, 2.24) is 0 Å². The van der Waals surface area contributed by atoms with Gasteiger partial charge in [0.2, 0.25) is 0 Å². The largest absolute Gasteiger partial charge is 0.487 e. The summed E-state index contributed by atoms with van der Waals surface area (Å²) in [7, 11) is 0. The Kier molecular flexibility index (Phi) is 3.25. The molecule has 19 heavy (non-hydrogen) atoms. The zero-order valence-electron chi connectivity index (χ0n) is 11.5. The predicted molar refractivity (Wildman–Crippen MR) is 73.6 cm³/mol. The number of hydrogen-bond acceptors (Lipinski definition) is 2. The molecule has 1 aliphatic heterocycles. The van der Waals surface area contributed by atoms with E-state index in [1.165, 1.54) is 31.4 Å². The van der Waals surface area contributed by atoms with Crippen LogP contribution in [0.25, 0.3) is 0 Å². The second kappa shape index (κ2) is 4.78. The predicted octanol–water partition coefficient (Wildman–Crippen LogP) is 3.95. The Hall–Kier alpha value is -1.09. The molecule has 0 saturated heterocycles. The van der Waals surface area contributed by atoms with Gasteiger partial charge in [-0.05, 0) is 49.8 Å². The van der Waals surface area contributed by atoms with Crippen LogP contribution in [-0.2, 0) is 0 Å². The number of hydrogen-bond donors (Lipinski definition) is 1. The first-order chi connectivity index (χ1) is 9.12. The number of ether oxygens (including phenoxy) is 1. The van der Waals surface area contributed by atoms with Gasteiger partial charge in [0.25, 0.3) is 0 Å². The second-order valence-electron chi connectivity index (χ2n) is 6.13. The molecule has 1 aromatic rings. The van der Waals surface area contributed by atoms with Crippen LogP contribution >= 0.6 is 0 Å². The molecule has 104 valence electrons. The number of nitrogens with two attached hydrogens (primary N) is 1. The van der Waals surface area contributed by atoms with Gasteiger partial charge in [-0.2, -0.15) is 0 Å². The molecule has 2 aliphatic rings. The zero-order valence-corrected chi connectivity index (χ0v) is 11.5. The lowest BCUT2D eigenvalue weighted by molar-refractivity contribution is -0.0111. The summed E-state index contributed by atoms with van der Waals surface area (Å²) < 4.78 is 19.5. The molecule has 3 rings (SSSR count). The Morgan fingerprint density at radius 3 is 2.79 bits per heavy atom. The van der Waals surface area contributed by atoms with Crippen LogP contribution in [-0.4, -0.2) is 5.60 Å². The Labute approximate surface area is 114 Å². The maximum absolute atomic E-state index is 13.3. The summed E-state index contributed by atoms with van der Waals surface area (Å²) in [6.07, 6.45) is 6.68. The van der Waals surface area contributed by atoms with Crippen LogP contribution in [0.15, 0.2) is 18.2 Å². The summed E-state index contributed by atoms with van der Waals surface area (Å²) in [5.74, 6) is 1.39. The van der Waals surface area contributed by atoms with Gasteiger partial charge in [0.05, 0.1) is 0 Å². The maximum Gasteiger partial charge on any atom is 0.125 e. The van der Waals surface area contributed by atoms with Gasteiger partial charge in [-0.25, -0.2) is 4.39 Å². The van der Waals surface area contributed by atoms with Gasteiger partial charge in [-0.15, -0.1) is 0 Å².